The summed E-state index contributed by atoms with van der Waals surface area (Å²) in [4.78, 5) is 13.8. The molecule has 0 bridgehead atoms. The first-order valence-corrected chi connectivity index (χ1v) is 6.76. The zero-order valence-corrected chi connectivity index (χ0v) is 10.8. The molecule has 2 aliphatic heterocycles. The Morgan fingerprint density at radius 2 is 2.26 bits per heavy atom. The third-order valence-electron chi connectivity index (χ3n) is 3.95. The van der Waals surface area contributed by atoms with Crippen molar-refractivity contribution < 1.29 is 9.53 Å². The van der Waals surface area contributed by atoms with Gasteiger partial charge in [-0.15, -0.1) is 0 Å². The topological polar surface area (TPSA) is 67.6 Å². The maximum atomic E-state index is 11.4. The van der Waals surface area contributed by atoms with Crippen LogP contribution in [0.1, 0.15) is 18.4 Å². The van der Waals surface area contributed by atoms with Gasteiger partial charge in [-0.25, -0.2) is 5.84 Å². The second-order valence-corrected chi connectivity index (χ2v) is 5.16. The molecule has 0 aliphatic carbocycles. The van der Waals surface area contributed by atoms with Crippen LogP contribution in [-0.2, 0) is 16.0 Å². The number of amides is 1. The first kappa shape index (κ1) is 12.4. The van der Waals surface area contributed by atoms with Crippen LogP contribution in [-0.4, -0.2) is 31.2 Å². The largest absolute Gasteiger partial charge is 0.368 e. The Balaban J connectivity index is 1.61. The number of ether oxygens (including phenoxy) is 1. The van der Waals surface area contributed by atoms with Gasteiger partial charge >= 0.3 is 0 Å². The summed E-state index contributed by atoms with van der Waals surface area (Å²) in [6.07, 6.45) is 2.50. The van der Waals surface area contributed by atoms with E-state index in [4.69, 9.17) is 10.6 Å². The average molecular weight is 261 g/mol. The molecule has 2 unspecified atom stereocenters. The molecule has 0 saturated carbocycles. The number of fused-ring (bicyclic) bond motifs is 1. The van der Waals surface area contributed by atoms with Crippen molar-refractivity contribution in [1.82, 2.24) is 5.43 Å². The molecule has 2 aliphatic rings. The standard InChI is InChI=1S/C14H19N3O2/c15-16-14(18)13-6-5-11(19-13)9-17-8-7-10-3-1-2-4-12(10)17/h1-4,11,13H,5-9,15H2,(H,16,18). The van der Waals surface area contributed by atoms with Gasteiger partial charge in [0.15, 0.2) is 0 Å². The van der Waals surface area contributed by atoms with Gasteiger partial charge in [0.05, 0.1) is 6.10 Å². The van der Waals surface area contributed by atoms with Gasteiger partial charge in [0.2, 0.25) is 0 Å². The van der Waals surface area contributed by atoms with Crippen molar-refractivity contribution in [1.29, 1.82) is 0 Å². The normalized spacial score (nSPS) is 25.4. The summed E-state index contributed by atoms with van der Waals surface area (Å²) in [5, 5.41) is 0. The van der Waals surface area contributed by atoms with E-state index >= 15 is 0 Å². The fraction of sp³-hybridized carbons (Fsp3) is 0.500. The van der Waals surface area contributed by atoms with Crippen molar-refractivity contribution in [3.05, 3.63) is 29.8 Å². The molecule has 5 heteroatoms. The molecule has 5 nitrogen and oxygen atoms in total. The molecule has 1 fully saturated rings. The van der Waals surface area contributed by atoms with Gasteiger partial charge in [0.1, 0.15) is 6.10 Å². The summed E-state index contributed by atoms with van der Waals surface area (Å²) in [6.45, 7) is 1.89. The molecule has 1 aromatic rings. The number of carbonyl (C=O) groups excluding carboxylic acids is 1. The number of rotatable bonds is 3. The highest BCUT2D eigenvalue weighted by Gasteiger charge is 2.32. The highest BCUT2D eigenvalue weighted by molar-refractivity contribution is 5.80. The van der Waals surface area contributed by atoms with E-state index in [1.165, 1.54) is 11.3 Å². The molecule has 2 heterocycles. The zero-order chi connectivity index (χ0) is 13.2. The molecule has 3 rings (SSSR count). The number of hydrazine groups is 1. The number of anilines is 1. The van der Waals surface area contributed by atoms with Gasteiger partial charge in [-0.2, -0.15) is 0 Å². The van der Waals surface area contributed by atoms with E-state index in [9.17, 15) is 4.79 Å². The lowest BCUT2D eigenvalue weighted by atomic mass is 10.1. The van der Waals surface area contributed by atoms with Crippen LogP contribution in [0.3, 0.4) is 0 Å². The number of hydrogen-bond donors (Lipinski definition) is 2. The Morgan fingerprint density at radius 1 is 1.42 bits per heavy atom. The van der Waals surface area contributed by atoms with Crippen LogP contribution in [0.2, 0.25) is 0 Å². The van der Waals surface area contributed by atoms with Crippen molar-refractivity contribution in [3.8, 4) is 0 Å². The van der Waals surface area contributed by atoms with E-state index in [1.54, 1.807) is 0 Å². The van der Waals surface area contributed by atoms with Crippen LogP contribution >= 0.6 is 0 Å². The molecule has 2 atom stereocenters. The highest BCUT2D eigenvalue weighted by atomic mass is 16.5. The lowest BCUT2D eigenvalue weighted by Crippen LogP contribution is -2.40. The van der Waals surface area contributed by atoms with Gasteiger partial charge in [-0.05, 0) is 30.9 Å². The molecule has 0 aromatic heterocycles. The summed E-state index contributed by atoms with van der Waals surface area (Å²) in [7, 11) is 0. The minimum absolute atomic E-state index is 0.119. The number of nitrogens with zero attached hydrogens (tertiary/aromatic N) is 1. The van der Waals surface area contributed by atoms with Crippen molar-refractivity contribution >= 4 is 11.6 Å². The third kappa shape index (κ3) is 2.43. The summed E-state index contributed by atoms with van der Waals surface area (Å²) in [6, 6.07) is 8.48. The first-order valence-electron chi connectivity index (χ1n) is 6.76. The Bertz CT molecular complexity index is 478. The molecular formula is C14H19N3O2. The van der Waals surface area contributed by atoms with Crippen LogP contribution in [0.25, 0.3) is 0 Å². The van der Waals surface area contributed by atoms with Crippen molar-refractivity contribution in [3.63, 3.8) is 0 Å². The Hall–Kier alpha value is -1.59. The quantitative estimate of drug-likeness (QED) is 0.475. The molecule has 0 radical (unpaired) electrons. The van der Waals surface area contributed by atoms with Crippen LogP contribution in [0, 0.1) is 0 Å². The molecule has 19 heavy (non-hydrogen) atoms. The van der Waals surface area contributed by atoms with Gasteiger partial charge in [0.25, 0.3) is 5.91 Å². The second-order valence-electron chi connectivity index (χ2n) is 5.16. The Labute approximate surface area is 112 Å². The Morgan fingerprint density at radius 3 is 3.11 bits per heavy atom. The lowest BCUT2D eigenvalue weighted by Gasteiger charge is -2.23. The number of nitrogens with two attached hydrogens (primary N) is 1. The van der Waals surface area contributed by atoms with Crippen molar-refractivity contribution in [2.75, 3.05) is 18.0 Å². The van der Waals surface area contributed by atoms with Crippen LogP contribution < -0.4 is 16.2 Å². The van der Waals surface area contributed by atoms with Crippen LogP contribution in [0.15, 0.2) is 24.3 Å². The summed E-state index contributed by atoms with van der Waals surface area (Å²) < 4.78 is 5.76. The third-order valence-corrected chi connectivity index (χ3v) is 3.95. The van der Waals surface area contributed by atoms with E-state index in [2.05, 4.69) is 34.6 Å². The molecule has 0 spiro atoms. The van der Waals surface area contributed by atoms with E-state index < -0.39 is 0 Å². The summed E-state index contributed by atoms with van der Waals surface area (Å²) in [5.41, 5.74) is 4.86. The molecule has 1 aromatic carbocycles. The highest BCUT2D eigenvalue weighted by Crippen LogP contribution is 2.29. The predicted octanol–water partition coefficient (Wildman–Crippen LogP) is 0.587. The number of para-hydroxylation sites is 1. The molecule has 1 saturated heterocycles. The fourth-order valence-corrected chi connectivity index (χ4v) is 2.97. The number of nitrogens with one attached hydrogen (secondary N) is 1. The van der Waals surface area contributed by atoms with E-state index in [0.29, 0.717) is 0 Å². The van der Waals surface area contributed by atoms with Gasteiger partial charge in [-0.1, -0.05) is 18.2 Å². The molecule has 3 N–H and O–H groups in total. The van der Waals surface area contributed by atoms with Gasteiger partial charge in [-0.3, -0.25) is 10.2 Å². The van der Waals surface area contributed by atoms with Crippen LogP contribution in [0.4, 0.5) is 5.69 Å². The predicted molar refractivity (Wildman–Crippen MR) is 72.6 cm³/mol. The summed E-state index contributed by atoms with van der Waals surface area (Å²) in [5.74, 6) is 4.92. The monoisotopic (exact) mass is 261 g/mol. The number of benzene rings is 1. The minimum atomic E-state index is -0.382. The smallest absolute Gasteiger partial charge is 0.263 e. The first-order chi connectivity index (χ1) is 9.28. The summed E-state index contributed by atoms with van der Waals surface area (Å²) >= 11 is 0. The number of hydrogen-bond acceptors (Lipinski definition) is 4. The fourth-order valence-electron chi connectivity index (χ4n) is 2.97. The molecular weight excluding hydrogens is 242 g/mol. The van der Waals surface area contributed by atoms with Gasteiger partial charge in [0, 0.05) is 18.8 Å². The van der Waals surface area contributed by atoms with Crippen molar-refractivity contribution in [2.24, 2.45) is 5.84 Å². The maximum absolute atomic E-state index is 11.4. The lowest BCUT2D eigenvalue weighted by molar-refractivity contribution is -0.131. The SMILES string of the molecule is NNC(=O)C1CCC(CN2CCc3ccccc32)O1. The number of carbonyl (C=O) groups is 1. The molecule has 102 valence electrons. The minimum Gasteiger partial charge on any atom is -0.368 e. The van der Waals surface area contributed by atoms with Gasteiger partial charge < -0.3 is 9.64 Å². The van der Waals surface area contributed by atoms with Crippen LogP contribution in [0.5, 0.6) is 0 Å². The van der Waals surface area contributed by atoms with Crippen molar-refractivity contribution in [2.45, 2.75) is 31.5 Å². The van der Waals surface area contributed by atoms with E-state index in [1.807, 2.05) is 0 Å². The van der Waals surface area contributed by atoms with E-state index in [0.717, 1.165) is 32.4 Å². The zero-order valence-electron chi connectivity index (χ0n) is 10.8. The average Bonchev–Trinajstić information content (AvgIpc) is 3.06. The maximum Gasteiger partial charge on any atom is 0.263 e. The van der Waals surface area contributed by atoms with E-state index in [-0.39, 0.29) is 18.1 Å². The second kappa shape index (κ2) is 5.19. The Kier molecular flexibility index (Phi) is 3.40. The molecule has 1 amide bonds.